The van der Waals surface area contributed by atoms with Crippen LogP contribution in [0.15, 0.2) is 43.9 Å². The Hall–Kier alpha value is -0.690. The maximum atomic E-state index is 13.9. The van der Waals surface area contributed by atoms with Crippen LogP contribution in [-0.4, -0.2) is 0 Å². The second kappa shape index (κ2) is 5.30. The lowest BCUT2D eigenvalue weighted by atomic mass is 10.0. The number of hydrazine groups is 1. The van der Waals surface area contributed by atoms with Gasteiger partial charge in [0, 0.05) is 5.56 Å². The molecule has 1 atom stereocenters. The topological polar surface area (TPSA) is 51.2 Å². The zero-order chi connectivity index (χ0) is 12.4. The first-order valence-corrected chi connectivity index (χ1v) is 6.37. The third kappa shape index (κ3) is 2.60. The first-order valence-electron chi connectivity index (χ1n) is 4.78. The van der Waals surface area contributed by atoms with Gasteiger partial charge in [0.15, 0.2) is 4.67 Å². The normalized spacial score (nSPS) is 12.7. The van der Waals surface area contributed by atoms with Crippen LogP contribution in [0.25, 0.3) is 0 Å². The maximum Gasteiger partial charge on any atom is 0.169 e. The average molecular weight is 364 g/mol. The fourth-order valence-electron chi connectivity index (χ4n) is 1.55. The molecule has 6 heteroatoms. The molecule has 90 valence electrons. The van der Waals surface area contributed by atoms with Crippen molar-refractivity contribution in [2.45, 2.75) is 6.04 Å². The molecule has 0 aliphatic carbocycles. The second-order valence-corrected chi connectivity index (χ2v) is 5.02. The van der Waals surface area contributed by atoms with Crippen LogP contribution in [0, 0.1) is 5.82 Å². The van der Waals surface area contributed by atoms with Crippen molar-refractivity contribution in [1.29, 1.82) is 0 Å². The van der Waals surface area contributed by atoms with Gasteiger partial charge in [-0.2, -0.15) is 0 Å². The van der Waals surface area contributed by atoms with Crippen molar-refractivity contribution in [1.82, 2.24) is 5.43 Å². The first kappa shape index (κ1) is 12.8. The fourth-order valence-corrected chi connectivity index (χ4v) is 2.25. The van der Waals surface area contributed by atoms with Gasteiger partial charge in [0.1, 0.15) is 17.6 Å². The SMILES string of the molecule is NNC(c1ccc(Br)o1)c1cccc(Br)c1F. The molecule has 0 bridgehead atoms. The van der Waals surface area contributed by atoms with Crippen LogP contribution in [0.4, 0.5) is 4.39 Å². The molecular formula is C11H9Br2FN2O. The average Bonchev–Trinajstić information content (AvgIpc) is 2.72. The van der Waals surface area contributed by atoms with E-state index in [9.17, 15) is 4.39 Å². The standard InChI is InChI=1S/C11H9Br2FN2O/c12-7-3-1-2-6(10(7)14)11(16-15)8-4-5-9(13)17-8/h1-5,11,16H,15H2. The number of hydrogen-bond donors (Lipinski definition) is 2. The summed E-state index contributed by atoms with van der Waals surface area (Å²) in [5.41, 5.74) is 2.96. The zero-order valence-electron chi connectivity index (χ0n) is 8.58. The minimum absolute atomic E-state index is 0.358. The largest absolute Gasteiger partial charge is 0.452 e. The highest BCUT2D eigenvalue weighted by Gasteiger charge is 2.20. The van der Waals surface area contributed by atoms with Crippen LogP contribution >= 0.6 is 31.9 Å². The monoisotopic (exact) mass is 362 g/mol. The van der Waals surface area contributed by atoms with E-state index in [2.05, 4.69) is 37.3 Å². The van der Waals surface area contributed by atoms with Gasteiger partial charge in [-0.3, -0.25) is 5.84 Å². The van der Waals surface area contributed by atoms with Crippen LogP contribution in [0.5, 0.6) is 0 Å². The highest BCUT2D eigenvalue weighted by Crippen LogP contribution is 2.29. The second-order valence-electron chi connectivity index (χ2n) is 3.38. The molecule has 0 amide bonds. The summed E-state index contributed by atoms with van der Waals surface area (Å²) < 4.78 is 20.3. The summed E-state index contributed by atoms with van der Waals surface area (Å²) in [5, 5.41) is 0. The Balaban J connectivity index is 2.45. The van der Waals surface area contributed by atoms with E-state index in [1.54, 1.807) is 30.3 Å². The van der Waals surface area contributed by atoms with E-state index in [1.807, 2.05) is 0 Å². The summed E-state index contributed by atoms with van der Waals surface area (Å²) in [5.74, 6) is 5.64. The molecule has 0 fully saturated rings. The quantitative estimate of drug-likeness (QED) is 0.648. The Labute approximate surface area is 114 Å². The van der Waals surface area contributed by atoms with E-state index < -0.39 is 6.04 Å². The van der Waals surface area contributed by atoms with Crippen molar-refractivity contribution in [3.63, 3.8) is 0 Å². The summed E-state index contributed by atoms with van der Waals surface area (Å²) in [6.07, 6.45) is 0. The van der Waals surface area contributed by atoms with Gasteiger partial charge in [-0.05, 0) is 50.1 Å². The molecule has 1 unspecified atom stereocenters. The molecule has 0 saturated carbocycles. The van der Waals surface area contributed by atoms with Gasteiger partial charge < -0.3 is 4.42 Å². The Bertz CT molecular complexity index is 530. The van der Waals surface area contributed by atoms with Crippen molar-refractivity contribution in [2.75, 3.05) is 0 Å². The predicted molar refractivity (Wildman–Crippen MR) is 69.7 cm³/mol. The number of nitrogens with one attached hydrogen (secondary N) is 1. The van der Waals surface area contributed by atoms with Gasteiger partial charge in [-0.25, -0.2) is 9.82 Å². The van der Waals surface area contributed by atoms with E-state index in [1.165, 1.54) is 0 Å². The van der Waals surface area contributed by atoms with Crippen LogP contribution in [0.1, 0.15) is 17.4 Å². The zero-order valence-corrected chi connectivity index (χ0v) is 11.8. The van der Waals surface area contributed by atoms with E-state index in [4.69, 9.17) is 10.3 Å². The third-order valence-corrected chi connectivity index (χ3v) is 3.38. The maximum absolute atomic E-state index is 13.9. The van der Waals surface area contributed by atoms with Crippen molar-refractivity contribution >= 4 is 31.9 Å². The molecule has 0 aliphatic rings. The van der Waals surface area contributed by atoms with Crippen molar-refractivity contribution in [2.24, 2.45) is 5.84 Å². The summed E-state index contributed by atoms with van der Waals surface area (Å²) in [4.78, 5) is 0. The lowest BCUT2D eigenvalue weighted by Gasteiger charge is -2.15. The molecule has 3 N–H and O–H groups in total. The highest BCUT2D eigenvalue weighted by molar-refractivity contribution is 9.10. The highest BCUT2D eigenvalue weighted by atomic mass is 79.9. The lowest BCUT2D eigenvalue weighted by Crippen LogP contribution is -2.29. The lowest BCUT2D eigenvalue weighted by molar-refractivity contribution is 0.428. The summed E-state index contributed by atoms with van der Waals surface area (Å²) in [6, 6.07) is 7.96. The third-order valence-electron chi connectivity index (χ3n) is 2.34. The summed E-state index contributed by atoms with van der Waals surface area (Å²) in [7, 11) is 0. The molecule has 2 rings (SSSR count). The van der Waals surface area contributed by atoms with Gasteiger partial charge in [0.2, 0.25) is 0 Å². The molecule has 1 aromatic carbocycles. The van der Waals surface area contributed by atoms with Crippen LogP contribution in [0.3, 0.4) is 0 Å². The van der Waals surface area contributed by atoms with E-state index >= 15 is 0 Å². The number of benzene rings is 1. The van der Waals surface area contributed by atoms with Gasteiger partial charge in [0.05, 0.1) is 4.47 Å². The molecular weight excluding hydrogens is 355 g/mol. The van der Waals surface area contributed by atoms with Gasteiger partial charge in [-0.15, -0.1) is 0 Å². The molecule has 0 radical (unpaired) electrons. The van der Waals surface area contributed by atoms with Crippen LogP contribution in [0.2, 0.25) is 0 Å². The van der Waals surface area contributed by atoms with Gasteiger partial charge in [0.25, 0.3) is 0 Å². The number of rotatable bonds is 3. The molecule has 17 heavy (non-hydrogen) atoms. The molecule has 3 nitrogen and oxygen atoms in total. The number of furan rings is 1. The van der Waals surface area contributed by atoms with Crippen LogP contribution in [-0.2, 0) is 0 Å². The number of nitrogens with two attached hydrogens (primary N) is 1. The van der Waals surface area contributed by atoms with Crippen molar-refractivity contribution in [3.05, 3.63) is 56.6 Å². The smallest absolute Gasteiger partial charge is 0.169 e. The molecule has 0 saturated heterocycles. The summed E-state index contributed by atoms with van der Waals surface area (Å²) in [6.45, 7) is 0. The predicted octanol–water partition coefficient (Wildman–Crippen LogP) is 3.50. The first-order chi connectivity index (χ1) is 8.13. The van der Waals surface area contributed by atoms with Gasteiger partial charge >= 0.3 is 0 Å². The Morgan fingerprint density at radius 3 is 2.59 bits per heavy atom. The fraction of sp³-hybridized carbons (Fsp3) is 0.0909. The van der Waals surface area contributed by atoms with Crippen LogP contribution < -0.4 is 11.3 Å². The van der Waals surface area contributed by atoms with E-state index in [-0.39, 0.29) is 5.82 Å². The number of halogens is 3. The molecule has 0 spiro atoms. The molecule has 1 aromatic heterocycles. The molecule has 2 aromatic rings. The van der Waals surface area contributed by atoms with Crippen molar-refractivity contribution < 1.29 is 8.81 Å². The molecule has 0 aliphatic heterocycles. The van der Waals surface area contributed by atoms with Crippen molar-refractivity contribution in [3.8, 4) is 0 Å². The van der Waals surface area contributed by atoms with E-state index in [0.717, 1.165) is 0 Å². The number of hydrogen-bond acceptors (Lipinski definition) is 3. The Kier molecular flexibility index (Phi) is 3.98. The van der Waals surface area contributed by atoms with Gasteiger partial charge in [-0.1, -0.05) is 12.1 Å². The Morgan fingerprint density at radius 2 is 2.00 bits per heavy atom. The minimum Gasteiger partial charge on any atom is -0.452 e. The summed E-state index contributed by atoms with van der Waals surface area (Å²) >= 11 is 6.33. The Morgan fingerprint density at radius 1 is 1.24 bits per heavy atom. The minimum atomic E-state index is -0.529. The molecule has 1 heterocycles. The van der Waals surface area contributed by atoms with E-state index in [0.29, 0.717) is 20.5 Å².